The molecule has 0 saturated heterocycles. The third kappa shape index (κ3) is 1.73. The van der Waals surface area contributed by atoms with Crippen LogP contribution in [0.25, 0.3) is 0 Å². The zero-order valence-electron chi connectivity index (χ0n) is 9.10. The number of primary amides is 1. The summed E-state index contributed by atoms with van der Waals surface area (Å²) in [5.74, 6) is -1.56. The molecule has 2 N–H and O–H groups in total. The molecular formula is C11H10N2O4. The summed E-state index contributed by atoms with van der Waals surface area (Å²) in [6, 6.07) is 4.61. The normalized spacial score (nSPS) is 13.8. The van der Waals surface area contributed by atoms with E-state index in [1.807, 2.05) is 0 Å². The predicted octanol–water partition coefficient (Wildman–Crippen LogP) is -0.290. The van der Waals surface area contributed by atoms with Gasteiger partial charge in [0.2, 0.25) is 5.91 Å². The SMILES string of the molecule is COc1ccc2c(c1)N(CC(N)=O)C(=O)C2=O. The van der Waals surface area contributed by atoms with E-state index in [0.717, 1.165) is 4.90 Å². The van der Waals surface area contributed by atoms with Crippen molar-refractivity contribution in [2.24, 2.45) is 5.73 Å². The molecule has 1 heterocycles. The fourth-order valence-electron chi connectivity index (χ4n) is 1.71. The number of rotatable bonds is 3. The number of methoxy groups -OCH3 is 1. The number of carbonyl (C=O) groups is 3. The molecule has 1 aliphatic heterocycles. The highest BCUT2D eigenvalue weighted by molar-refractivity contribution is 6.52. The summed E-state index contributed by atoms with van der Waals surface area (Å²) in [6.45, 7) is -0.315. The number of anilines is 1. The number of carbonyl (C=O) groups excluding carboxylic acids is 3. The first-order valence-electron chi connectivity index (χ1n) is 4.87. The summed E-state index contributed by atoms with van der Waals surface area (Å²) in [6.07, 6.45) is 0. The van der Waals surface area contributed by atoms with Crippen molar-refractivity contribution in [1.82, 2.24) is 0 Å². The highest BCUT2D eigenvalue weighted by atomic mass is 16.5. The lowest BCUT2D eigenvalue weighted by Crippen LogP contribution is -2.37. The van der Waals surface area contributed by atoms with Crippen molar-refractivity contribution in [3.05, 3.63) is 23.8 Å². The van der Waals surface area contributed by atoms with Crippen LogP contribution in [0.4, 0.5) is 5.69 Å². The maximum absolute atomic E-state index is 11.6. The van der Waals surface area contributed by atoms with Gasteiger partial charge in [-0.05, 0) is 12.1 Å². The number of benzene rings is 1. The Morgan fingerprint density at radius 2 is 2.12 bits per heavy atom. The van der Waals surface area contributed by atoms with Crippen LogP contribution in [0.15, 0.2) is 18.2 Å². The predicted molar refractivity (Wildman–Crippen MR) is 58.9 cm³/mol. The van der Waals surface area contributed by atoms with Crippen molar-refractivity contribution >= 4 is 23.3 Å². The van der Waals surface area contributed by atoms with E-state index in [1.165, 1.54) is 19.2 Å². The number of nitrogens with two attached hydrogens (primary N) is 1. The highest BCUT2D eigenvalue weighted by Crippen LogP contribution is 2.32. The molecule has 0 bridgehead atoms. The maximum atomic E-state index is 11.6. The van der Waals surface area contributed by atoms with Gasteiger partial charge < -0.3 is 10.5 Å². The Labute approximate surface area is 96.9 Å². The second-order valence-electron chi connectivity index (χ2n) is 3.57. The lowest BCUT2D eigenvalue weighted by molar-refractivity contribution is -0.119. The van der Waals surface area contributed by atoms with E-state index in [1.54, 1.807) is 6.07 Å². The molecule has 0 saturated carbocycles. The monoisotopic (exact) mass is 234 g/mol. The molecular weight excluding hydrogens is 224 g/mol. The van der Waals surface area contributed by atoms with Crippen molar-refractivity contribution in [2.75, 3.05) is 18.6 Å². The zero-order chi connectivity index (χ0) is 12.6. The Bertz CT molecular complexity index is 524. The largest absolute Gasteiger partial charge is 0.497 e. The Hall–Kier alpha value is -2.37. The van der Waals surface area contributed by atoms with Gasteiger partial charge in [0.25, 0.3) is 11.7 Å². The summed E-state index contributed by atoms with van der Waals surface area (Å²) < 4.78 is 5.00. The minimum atomic E-state index is -0.743. The minimum absolute atomic E-state index is 0.261. The number of nitrogens with zero attached hydrogens (tertiary/aromatic N) is 1. The Morgan fingerprint density at radius 1 is 1.41 bits per heavy atom. The van der Waals surface area contributed by atoms with E-state index in [-0.39, 0.29) is 12.1 Å². The van der Waals surface area contributed by atoms with E-state index >= 15 is 0 Å². The third-order valence-electron chi connectivity index (χ3n) is 2.49. The molecule has 0 aliphatic carbocycles. The van der Waals surface area contributed by atoms with Crippen LogP contribution in [0, 0.1) is 0 Å². The molecule has 2 rings (SSSR count). The molecule has 1 aromatic rings. The fourth-order valence-corrected chi connectivity index (χ4v) is 1.71. The molecule has 0 aromatic heterocycles. The number of Topliss-reactive ketones (excluding diaryl/α,β-unsaturated/α-hetero) is 1. The van der Waals surface area contributed by atoms with Gasteiger partial charge in [0.1, 0.15) is 12.3 Å². The van der Waals surface area contributed by atoms with Crippen molar-refractivity contribution in [3.63, 3.8) is 0 Å². The fraction of sp³-hybridized carbons (Fsp3) is 0.182. The molecule has 2 amide bonds. The van der Waals surface area contributed by atoms with Gasteiger partial charge in [0, 0.05) is 6.07 Å². The number of amides is 2. The molecule has 17 heavy (non-hydrogen) atoms. The number of fused-ring (bicyclic) bond motifs is 1. The number of ether oxygens (including phenoxy) is 1. The second-order valence-corrected chi connectivity index (χ2v) is 3.57. The summed E-state index contributed by atoms with van der Waals surface area (Å²) in [7, 11) is 1.47. The van der Waals surface area contributed by atoms with Crippen LogP contribution in [0.3, 0.4) is 0 Å². The minimum Gasteiger partial charge on any atom is -0.497 e. The molecule has 0 spiro atoms. The summed E-state index contributed by atoms with van der Waals surface area (Å²) >= 11 is 0. The first kappa shape index (κ1) is 11.1. The van der Waals surface area contributed by atoms with Crippen molar-refractivity contribution in [1.29, 1.82) is 0 Å². The van der Waals surface area contributed by atoms with Crippen LogP contribution in [0.5, 0.6) is 5.75 Å². The molecule has 0 atom stereocenters. The van der Waals surface area contributed by atoms with E-state index in [0.29, 0.717) is 11.4 Å². The van der Waals surface area contributed by atoms with Crippen LogP contribution in [0.2, 0.25) is 0 Å². The van der Waals surface area contributed by atoms with Gasteiger partial charge in [0.05, 0.1) is 18.4 Å². The molecule has 1 aliphatic rings. The Balaban J connectivity index is 2.49. The van der Waals surface area contributed by atoms with Gasteiger partial charge in [-0.3, -0.25) is 19.3 Å². The van der Waals surface area contributed by atoms with Gasteiger partial charge in [-0.15, -0.1) is 0 Å². The van der Waals surface area contributed by atoms with E-state index in [4.69, 9.17) is 10.5 Å². The lowest BCUT2D eigenvalue weighted by atomic mass is 10.1. The van der Waals surface area contributed by atoms with Gasteiger partial charge in [0.15, 0.2) is 0 Å². The van der Waals surface area contributed by atoms with Crippen LogP contribution in [-0.2, 0) is 9.59 Å². The Kier molecular flexibility index (Phi) is 2.55. The molecule has 0 fully saturated rings. The smallest absolute Gasteiger partial charge is 0.299 e. The van der Waals surface area contributed by atoms with E-state index in [2.05, 4.69) is 0 Å². The number of hydrogen-bond acceptors (Lipinski definition) is 4. The molecule has 6 nitrogen and oxygen atoms in total. The first-order valence-corrected chi connectivity index (χ1v) is 4.87. The molecule has 88 valence electrons. The van der Waals surface area contributed by atoms with Crippen LogP contribution < -0.4 is 15.4 Å². The summed E-state index contributed by atoms with van der Waals surface area (Å²) in [4.78, 5) is 35.1. The van der Waals surface area contributed by atoms with E-state index in [9.17, 15) is 14.4 Å². The average Bonchev–Trinajstić information content (AvgIpc) is 2.53. The number of hydrogen-bond donors (Lipinski definition) is 1. The van der Waals surface area contributed by atoms with Crippen molar-refractivity contribution in [3.8, 4) is 5.75 Å². The van der Waals surface area contributed by atoms with Crippen molar-refractivity contribution < 1.29 is 19.1 Å². The van der Waals surface area contributed by atoms with Crippen molar-refractivity contribution in [2.45, 2.75) is 0 Å². The lowest BCUT2D eigenvalue weighted by Gasteiger charge is -2.14. The quantitative estimate of drug-likeness (QED) is 0.727. The number of ketones is 1. The molecule has 0 unspecified atom stereocenters. The van der Waals surface area contributed by atoms with Crippen LogP contribution >= 0.6 is 0 Å². The van der Waals surface area contributed by atoms with Gasteiger partial charge in [-0.2, -0.15) is 0 Å². The van der Waals surface area contributed by atoms with Gasteiger partial charge in [-0.1, -0.05) is 0 Å². The topological polar surface area (TPSA) is 89.7 Å². The van der Waals surface area contributed by atoms with E-state index < -0.39 is 17.6 Å². The molecule has 0 radical (unpaired) electrons. The van der Waals surface area contributed by atoms with Gasteiger partial charge >= 0.3 is 0 Å². The highest BCUT2D eigenvalue weighted by Gasteiger charge is 2.36. The first-order chi connectivity index (χ1) is 8.04. The van der Waals surface area contributed by atoms with Crippen LogP contribution in [-0.4, -0.2) is 31.3 Å². The third-order valence-corrected chi connectivity index (χ3v) is 2.49. The maximum Gasteiger partial charge on any atom is 0.299 e. The second kappa shape index (κ2) is 3.89. The molecule has 6 heteroatoms. The zero-order valence-corrected chi connectivity index (χ0v) is 9.10. The van der Waals surface area contributed by atoms with Crippen LogP contribution in [0.1, 0.15) is 10.4 Å². The standard InChI is InChI=1S/C11H10N2O4/c1-17-6-2-3-7-8(4-6)13(5-9(12)14)11(16)10(7)15/h2-4H,5H2,1H3,(H2,12,14). The molecule has 1 aromatic carbocycles. The average molecular weight is 234 g/mol. The Morgan fingerprint density at radius 3 is 2.71 bits per heavy atom. The summed E-state index contributed by atoms with van der Waals surface area (Å²) in [5.41, 5.74) is 5.65. The van der Waals surface area contributed by atoms with Gasteiger partial charge in [-0.25, -0.2) is 0 Å². The summed E-state index contributed by atoms with van der Waals surface area (Å²) in [5, 5.41) is 0.